The molecule has 1 heterocycles. The van der Waals surface area contributed by atoms with Crippen LogP contribution in [0.2, 0.25) is 0 Å². The van der Waals surface area contributed by atoms with Gasteiger partial charge in [0.15, 0.2) is 29.7 Å². The van der Waals surface area contributed by atoms with Gasteiger partial charge >= 0.3 is 5.97 Å². The minimum absolute atomic E-state index is 0.445. The molecule has 1 amide bonds. The fourth-order valence-corrected chi connectivity index (χ4v) is 1.92. The topological polar surface area (TPSA) is 64.6 Å². The zero-order chi connectivity index (χ0) is 16.3. The lowest BCUT2D eigenvalue weighted by atomic mass is 10.2. The van der Waals surface area contributed by atoms with E-state index in [-0.39, 0.29) is 0 Å². The van der Waals surface area contributed by atoms with Crippen LogP contribution in [0.3, 0.4) is 0 Å². The number of ether oxygens (including phenoxy) is 2. The number of hydrogen-bond acceptors (Lipinski definition) is 4. The molecule has 1 aliphatic heterocycles. The maximum absolute atomic E-state index is 13.4. The molecule has 0 bridgehead atoms. The lowest BCUT2D eigenvalue weighted by Crippen LogP contribution is -2.34. The van der Waals surface area contributed by atoms with Gasteiger partial charge in [-0.3, -0.25) is 4.79 Å². The fourth-order valence-electron chi connectivity index (χ4n) is 1.92. The van der Waals surface area contributed by atoms with E-state index in [1.807, 2.05) is 5.32 Å². The first-order valence-electron chi connectivity index (χ1n) is 6.66. The first-order valence-corrected chi connectivity index (χ1v) is 6.66. The summed E-state index contributed by atoms with van der Waals surface area (Å²) < 4.78 is 49.3. The van der Waals surface area contributed by atoms with Crippen LogP contribution in [0.1, 0.15) is 19.8 Å². The van der Waals surface area contributed by atoms with Gasteiger partial charge in [0.1, 0.15) is 0 Å². The zero-order valence-electron chi connectivity index (χ0n) is 11.7. The minimum atomic E-state index is -1.69. The number of halogens is 3. The molecule has 1 fully saturated rings. The first kappa shape index (κ1) is 16.3. The third kappa shape index (κ3) is 3.56. The van der Waals surface area contributed by atoms with Gasteiger partial charge in [0.25, 0.3) is 5.91 Å². The Bertz CT molecular complexity index is 588. The molecule has 2 rings (SSSR count). The molecule has 1 aromatic carbocycles. The average molecular weight is 317 g/mol. The predicted molar refractivity (Wildman–Crippen MR) is 69.5 cm³/mol. The molecule has 1 saturated heterocycles. The highest BCUT2D eigenvalue weighted by atomic mass is 19.2. The van der Waals surface area contributed by atoms with Crippen molar-refractivity contribution in [3.05, 3.63) is 29.6 Å². The summed E-state index contributed by atoms with van der Waals surface area (Å²) in [4.78, 5) is 23.5. The number of amides is 1. The fraction of sp³-hybridized carbons (Fsp3) is 0.429. The molecule has 0 spiro atoms. The normalized spacial score (nSPS) is 18.8. The van der Waals surface area contributed by atoms with Crippen molar-refractivity contribution in [3.63, 3.8) is 0 Å². The van der Waals surface area contributed by atoms with Crippen LogP contribution in [0.25, 0.3) is 0 Å². The summed E-state index contributed by atoms with van der Waals surface area (Å²) in [6.45, 7) is 1.72. The van der Waals surface area contributed by atoms with E-state index in [0.717, 1.165) is 12.5 Å². The number of carbonyl (C=O) groups is 2. The van der Waals surface area contributed by atoms with Gasteiger partial charge in [-0.1, -0.05) is 0 Å². The highest BCUT2D eigenvalue weighted by molar-refractivity contribution is 5.95. The lowest BCUT2D eigenvalue weighted by molar-refractivity contribution is -0.162. The van der Waals surface area contributed by atoms with Crippen LogP contribution in [0, 0.1) is 17.5 Å². The number of esters is 1. The molecule has 1 aliphatic rings. The summed E-state index contributed by atoms with van der Waals surface area (Å²) in [5, 5.41) is 2.04. The zero-order valence-corrected chi connectivity index (χ0v) is 11.7. The van der Waals surface area contributed by atoms with E-state index in [4.69, 9.17) is 9.47 Å². The molecule has 2 atom stereocenters. The van der Waals surface area contributed by atoms with Gasteiger partial charge in [0.05, 0.1) is 5.69 Å². The van der Waals surface area contributed by atoms with Gasteiger partial charge in [0.2, 0.25) is 0 Å². The van der Waals surface area contributed by atoms with Gasteiger partial charge in [-0.05, 0) is 31.9 Å². The van der Waals surface area contributed by atoms with Crippen LogP contribution in [0.15, 0.2) is 12.1 Å². The Morgan fingerprint density at radius 2 is 2.05 bits per heavy atom. The van der Waals surface area contributed by atoms with Crippen molar-refractivity contribution in [2.75, 3.05) is 11.9 Å². The van der Waals surface area contributed by atoms with E-state index in [1.165, 1.54) is 6.92 Å². The standard InChI is InChI=1S/C14H14F3NO4/c1-7(22-14(20)10-3-2-6-21-10)13(19)18-9-5-4-8(15)11(16)12(9)17/h4-5,7,10H,2-3,6H2,1H3,(H,18,19)/t7-,10+/m1/s1. The number of hydrogen-bond donors (Lipinski definition) is 1. The Labute approximate surface area is 124 Å². The SMILES string of the molecule is C[C@@H](OC(=O)[C@@H]1CCCO1)C(=O)Nc1ccc(F)c(F)c1F. The summed E-state index contributed by atoms with van der Waals surface area (Å²) in [6.07, 6.45) is -0.717. The number of nitrogens with one attached hydrogen (secondary N) is 1. The third-order valence-electron chi connectivity index (χ3n) is 3.15. The predicted octanol–water partition coefficient (Wildman–Crippen LogP) is 2.15. The highest BCUT2D eigenvalue weighted by Gasteiger charge is 2.28. The quantitative estimate of drug-likeness (QED) is 0.683. The first-order chi connectivity index (χ1) is 10.4. The second-order valence-electron chi connectivity index (χ2n) is 4.79. The van der Waals surface area contributed by atoms with E-state index < -0.39 is 47.2 Å². The molecule has 1 aromatic rings. The second kappa shape index (κ2) is 6.78. The Morgan fingerprint density at radius 3 is 2.68 bits per heavy atom. The average Bonchev–Trinajstić information content (AvgIpc) is 3.02. The van der Waals surface area contributed by atoms with Crippen LogP contribution < -0.4 is 5.32 Å². The minimum Gasteiger partial charge on any atom is -0.451 e. The van der Waals surface area contributed by atoms with Gasteiger partial charge in [-0.15, -0.1) is 0 Å². The van der Waals surface area contributed by atoms with Crippen LogP contribution in [-0.4, -0.2) is 30.7 Å². The molecular weight excluding hydrogens is 303 g/mol. The molecule has 0 aromatic heterocycles. The van der Waals surface area contributed by atoms with Gasteiger partial charge in [-0.25, -0.2) is 18.0 Å². The number of benzene rings is 1. The molecule has 8 heteroatoms. The van der Waals surface area contributed by atoms with Crippen LogP contribution in [-0.2, 0) is 19.1 Å². The maximum Gasteiger partial charge on any atom is 0.336 e. The van der Waals surface area contributed by atoms with Crippen LogP contribution >= 0.6 is 0 Å². The number of rotatable bonds is 4. The maximum atomic E-state index is 13.4. The van der Waals surface area contributed by atoms with Crippen molar-refractivity contribution in [2.24, 2.45) is 0 Å². The molecule has 0 radical (unpaired) electrons. The molecule has 0 unspecified atom stereocenters. The summed E-state index contributed by atoms with van der Waals surface area (Å²) in [6, 6.07) is 1.55. The monoisotopic (exact) mass is 317 g/mol. The van der Waals surface area contributed by atoms with Gasteiger partial charge in [0, 0.05) is 6.61 Å². The molecule has 22 heavy (non-hydrogen) atoms. The van der Waals surface area contributed by atoms with Crippen molar-refractivity contribution in [2.45, 2.75) is 32.0 Å². The van der Waals surface area contributed by atoms with E-state index in [1.54, 1.807) is 0 Å². The summed E-state index contributed by atoms with van der Waals surface area (Å²) in [5.74, 6) is -6.14. The Kier molecular flexibility index (Phi) is 5.02. The van der Waals surface area contributed by atoms with E-state index >= 15 is 0 Å². The van der Waals surface area contributed by atoms with Crippen molar-refractivity contribution < 1.29 is 32.2 Å². The Morgan fingerprint density at radius 1 is 1.32 bits per heavy atom. The van der Waals surface area contributed by atoms with Gasteiger partial charge in [-0.2, -0.15) is 0 Å². The highest BCUT2D eigenvalue weighted by Crippen LogP contribution is 2.20. The van der Waals surface area contributed by atoms with Crippen molar-refractivity contribution in [1.82, 2.24) is 0 Å². The summed E-state index contributed by atoms with van der Waals surface area (Å²) in [5.41, 5.74) is -0.538. The number of anilines is 1. The van der Waals surface area contributed by atoms with Crippen molar-refractivity contribution >= 4 is 17.6 Å². The molecule has 0 aliphatic carbocycles. The number of carbonyl (C=O) groups excluding carboxylic acids is 2. The molecule has 120 valence electrons. The molecular formula is C14H14F3NO4. The Hall–Kier alpha value is -2.09. The van der Waals surface area contributed by atoms with E-state index in [0.29, 0.717) is 19.1 Å². The smallest absolute Gasteiger partial charge is 0.336 e. The van der Waals surface area contributed by atoms with E-state index in [2.05, 4.69) is 0 Å². The van der Waals surface area contributed by atoms with Crippen molar-refractivity contribution in [1.29, 1.82) is 0 Å². The van der Waals surface area contributed by atoms with Crippen LogP contribution in [0.4, 0.5) is 18.9 Å². The summed E-state index contributed by atoms with van der Waals surface area (Å²) >= 11 is 0. The van der Waals surface area contributed by atoms with Crippen molar-refractivity contribution in [3.8, 4) is 0 Å². The van der Waals surface area contributed by atoms with Crippen LogP contribution in [0.5, 0.6) is 0 Å². The van der Waals surface area contributed by atoms with E-state index in [9.17, 15) is 22.8 Å². The van der Waals surface area contributed by atoms with Gasteiger partial charge < -0.3 is 14.8 Å². The summed E-state index contributed by atoms with van der Waals surface area (Å²) in [7, 11) is 0. The lowest BCUT2D eigenvalue weighted by Gasteiger charge is -2.16. The Balaban J connectivity index is 1.96. The molecule has 5 nitrogen and oxygen atoms in total. The second-order valence-corrected chi connectivity index (χ2v) is 4.79. The largest absolute Gasteiger partial charge is 0.451 e. The molecule has 1 N–H and O–H groups in total. The third-order valence-corrected chi connectivity index (χ3v) is 3.15. The molecule has 0 saturated carbocycles.